The highest BCUT2D eigenvalue weighted by Crippen LogP contribution is 2.22. The number of nitrogens with two attached hydrogens (primary N) is 2. The lowest BCUT2D eigenvalue weighted by Crippen LogP contribution is -1.99. The van der Waals surface area contributed by atoms with Gasteiger partial charge in [0.1, 0.15) is 0 Å². The van der Waals surface area contributed by atoms with E-state index in [9.17, 15) is 0 Å². The Bertz CT molecular complexity index is 1240. The van der Waals surface area contributed by atoms with Gasteiger partial charge in [0.25, 0.3) is 0 Å². The second kappa shape index (κ2) is 16.8. The van der Waals surface area contributed by atoms with Gasteiger partial charge >= 0.3 is 0 Å². The molecule has 0 spiro atoms. The Morgan fingerprint density at radius 2 is 0.738 bits per heavy atom. The summed E-state index contributed by atoms with van der Waals surface area (Å²) in [4.78, 5) is 0. The number of benzene rings is 4. The van der Waals surface area contributed by atoms with Crippen molar-refractivity contribution in [2.45, 2.75) is 104 Å². The zero-order chi connectivity index (χ0) is 29.6. The molecule has 222 valence electrons. The monoisotopic (exact) mass is 560 g/mol. The van der Waals surface area contributed by atoms with Crippen molar-refractivity contribution >= 4 is 11.4 Å². The second-order valence-electron chi connectivity index (χ2n) is 12.2. The molecule has 4 rings (SSSR count). The molecule has 0 fully saturated rings. The van der Waals surface area contributed by atoms with Gasteiger partial charge in [-0.25, -0.2) is 0 Å². The van der Waals surface area contributed by atoms with E-state index in [1.807, 2.05) is 24.3 Å². The average Bonchev–Trinajstić information content (AvgIpc) is 2.99. The maximum atomic E-state index is 5.87. The lowest BCUT2D eigenvalue weighted by atomic mass is 9.93. The van der Waals surface area contributed by atoms with Crippen LogP contribution in [0, 0.1) is 0 Å². The molecule has 2 nitrogen and oxygen atoms in total. The van der Waals surface area contributed by atoms with Crippen LogP contribution in [-0.4, -0.2) is 0 Å². The molecule has 0 amide bonds. The molecule has 4 aromatic carbocycles. The van der Waals surface area contributed by atoms with Crippen LogP contribution in [0.3, 0.4) is 0 Å². The highest BCUT2D eigenvalue weighted by molar-refractivity contribution is 5.43. The molecule has 0 unspecified atom stereocenters. The maximum Gasteiger partial charge on any atom is 0.0314 e. The molecule has 0 aliphatic carbocycles. The second-order valence-corrected chi connectivity index (χ2v) is 12.2. The maximum absolute atomic E-state index is 5.87. The molecule has 4 aromatic rings. The minimum Gasteiger partial charge on any atom is -0.399 e. The number of aryl methyl sites for hydroxylation is 4. The number of nitrogen functional groups attached to an aromatic ring is 2. The summed E-state index contributed by atoms with van der Waals surface area (Å²) in [6, 6.07) is 31.1. The van der Waals surface area contributed by atoms with Crippen molar-refractivity contribution in [3.8, 4) is 0 Å². The Morgan fingerprint density at radius 3 is 1.12 bits per heavy atom. The Labute approximate surface area is 255 Å². The number of unbranched alkanes of at least 4 members (excludes halogenated alkanes) is 5. The first-order valence-corrected chi connectivity index (χ1v) is 16.4. The van der Waals surface area contributed by atoms with Gasteiger partial charge in [0.05, 0.1) is 0 Å². The topological polar surface area (TPSA) is 52.0 Å². The van der Waals surface area contributed by atoms with Gasteiger partial charge in [0, 0.05) is 11.4 Å². The van der Waals surface area contributed by atoms with E-state index in [0.29, 0.717) is 0 Å². The number of hydrogen-bond donors (Lipinski definition) is 2. The molecule has 42 heavy (non-hydrogen) atoms. The lowest BCUT2D eigenvalue weighted by molar-refractivity contribution is 0.593. The number of rotatable bonds is 17. The number of hydrogen-bond acceptors (Lipinski definition) is 2. The van der Waals surface area contributed by atoms with Gasteiger partial charge in [-0.15, -0.1) is 0 Å². The van der Waals surface area contributed by atoms with Crippen molar-refractivity contribution < 1.29 is 0 Å². The van der Waals surface area contributed by atoms with Crippen LogP contribution in [0.25, 0.3) is 0 Å². The fraction of sp³-hybridized carbons (Fsp3) is 0.400. The largest absolute Gasteiger partial charge is 0.399 e. The SMILES string of the molecule is CCCc1cc(CCCCCCCCc2ccc(Cc3ccc(N)cc3)c(CCC)c2)ccc1Cc1ccc(N)cc1. The van der Waals surface area contributed by atoms with Crippen LogP contribution in [0.1, 0.15) is 110 Å². The van der Waals surface area contributed by atoms with E-state index in [0.717, 1.165) is 37.1 Å². The zero-order valence-corrected chi connectivity index (χ0v) is 26.1. The number of anilines is 2. The highest BCUT2D eigenvalue weighted by atomic mass is 14.5. The summed E-state index contributed by atoms with van der Waals surface area (Å²) in [6.45, 7) is 4.56. The molecule has 0 aliphatic rings. The van der Waals surface area contributed by atoms with E-state index in [2.05, 4.69) is 74.5 Å². The predicted molar refractivity (Wildman–Crippen MR) is 183 cm³/mol. The quantitative estimate of drug-likeness (QED) is 0.0997. The van der Waals surface area contributed by atoms with Crippen LogP contribution in [0.15, 0.2) is 84.9 Å². The van der Waals surface area contributed by atoms with Gasteiger partial charge in [-0.2, -0.15) is 0 Å². The Balaban J connectivity index is 1.16. The van der Waals surface area contributed by atoms with Crippen LogP contribution >= 0.6 is 0 Å². The van der Waals surface area contributed by atoms with Gasteiger partial charge in [0.15, 0.2) is 0 Å². The van der Waals surface area contributed by atoms with Crippen molar-refractivity contribution in [2.24, 2.45) is 0 Å². The average molecular weight is 561 g/mol. The highest BCUT2D eigenvalue weighted by Gasteiger charge is 2.07. The van der Waals surface area contributed by atoms with Crippen LogP contribution in [0.5, 0.6) is 0 Å². The third kappa shape index (κ3) is 10.1. The predicted octanol–water partition coefficient (Wildman–Crippen LogP) is 10.1. The van der Waals surface area contributed by atoms with Crippen LogP contribution in [0.2, 0.25) is 0 Å². The van der Waals surface area contributed by atoms with Crippen LogP contribution in [0.4, 0.5) is 11.4 Å². The first-order chi connectivity index (χ1) is 20.5. The van der Waals surface area contributed by atoms with Crippen LogP contribution < -0.4 is 11.5 Å². The van der Waals surface area contributed by atoms with Crippen molar-refractivity contribution in [1.29, 1.82) is 0 Å². The molecule has 4 N–H and O–H groups in total. The molecule has 0 aliphatic heterocycles. The first kappa shape index (κ1) is 31.4. The molecular weight excluding hydrogens is 508 g/mol. The minimum absolute atomic E-state index is 0.834. The van der Waals surface area contributed by atoms with Crippen molar-refractivity contribution in [3.05, 3.63) is 129 Å². The Kier molecular flexibility index (Phi) is 12.6. The fourth-order valence-corrected chi connectivity index (χ4v) is 6.09. The summed E-state index contributed by atoms with van der Waals surface area (Å²) < 4.78 is 0. The van der Waals surface area contributed by atoms with Crippen LogP contribution in [-0.2, 0) is 38.5 Å². The molecule has 0 saturated heterocycles. The van der Waals surface area contributed by atoms with Gasteiger partial charge in [-0.1, -0.05) is 113 Å². The smallest absolute Gasteiger partial charge is 0.0314 e. The van der Waals surface area contributed by atoms with Gasteiger partial charge in [-0.05, 0) is 120 Å². The van der Waals surface area contributed by atoms with Crippen molar-refractivity contribution in [2.75, 3.05) is 11.5 Å². The lowest BCUT2D eigenvalue weighted by Gasteiger charge is -2.13. The van der Waals surface area contributed by atoms with Gasteiger partial charge < -0.3 is 11.5 Å². The van der Waals surface area contributed by atoms with Crippen molar-refractivity contribution in [1.82, 2.24) is 0 Å². The third-order valence-corrected chi connectivity index (χ3v) is 8.51. The van der Waals surface area contributed by atoms with E-state index < -0.39 is 0 Å². The summed E-state index contributed by atoms with van der Waals surface area (Å²) in [5, 5.41) is 0. The van der Waals surface area contributed by atoms with E-state index in [-0.39, 0.29) is 0 Å². The zero-order valence-electron chi connectivity index (χ0n) is 26.1. The normalized spacial score (nSPS) is 11.2. The van der Waals surface area contributed by atoms with Gasteiger partial charge in [-0.3, -0.25) is 0 Å². The molecule has 0 bridgehead atoms. The standard InChI is InChI=1S/C40H52N2/c1-3-11-35-27-31(15-21-37(35)29-33-17-23-39(41)24-18-33)13-9-7-5-6-8-10-14-32-16-22-38(36(28-32)12-4-2)30-34-19-25-40(42)26-20-34/h15-28H,3-14,29-30,41-42H2,1-2H3. The Morgan fingerprint density at radius 1 is 0.381 bits per heavy atom. The first-order valence-electron chi connectivity index (χ1n) is 16.4. The molecular formula is C40H52N2. The molecule has 0 heterocycles. The summed E-state index contributed by atoms with van der Waals surface area (Å²) >= 11 is 0. The Hall–Kier alpha value is -3.52. The third-order valence-electron chi connectivity index (χ3n) is 8.51. The molecule has 0 atom stereocenters. The summed E-state index contributed by atoms with van der Waals surface area (Å²) in [7, 11) is 0. The molecule has 2 heteroatoms. The molecule has 0 aromatic heterocycles. The fourth-order valence-electron chi connectivity index (χ4n) is 6.09. The molecule has 0 saturated carbocycles. The minimum atomic E-state index is 0.834. The van der Waals surface area contributed by atoms with Crippen molar-refractivity contribution in [3.63, 3.8) is 0 Å². The summed E-state index contributed by atoms with van der Waals surface area (Å²) in [5.74, 6) is 0. The summed E-state index contributed by atoms with van der Waals surface area (Å²) in [6.07, 6.45) is 17.0. The van der Waals surface area contributed by atoms with E-state index in [1.165, 1.54) is 109 Å². The molecule has 0 radical (unpaired) electrons. The van der Waals surface area contributed by atoms with Gasteiger partial charge in [0.2, 0.25) is 0 Å². The summed E-state index contributed by atoms with van der Waals surface area (Å²) in [5.41, 5.74) is 25.1. The van der Waals surface area contributed by atoms with E-state index >= 15 is 0 Å². The van der Waals surface area contributed by atoms with E-state index in [4.69, 9.17) is 11.5 Å². The van der Waals surface area contributed by atoms with E-state index in [1.54, 1.807) is 0 Å².